The van der Waals surface area contributed by atoms with Crippen molar-refractivity contribution in [3.8, 4) is 0 Å². The molecule has 0 radical (unpaired) electrons. The number of aryl methyl sites for hydroxylation is 1. The molecule has 0 unspecified atom stereocenters. The molecule has 1 atom stereocenters. The number of rotatable bonds is 5. The van der Waals surface area contributed by atoms with E-state index in [1.165, 1.54) is 17.3 Å². The monoisotopic (exact) mass is 396 g/mol. The fraction of sp³-hybridized carbons (Fsp3) is 0.333. The Hall–Kier alpha value is -2.51. The molecule has 1 saturated heterocycles. The van der Waals surface area contributed by atoms with Crippen LogP contribution in [0, 0.1) is 6.92 Å². The van der Waals surface area contributed by atoms with Crippen LogP contribution in [0.15, 0.2) is 47.6 Å². The summed E-state index contributed by atoms with van der Waals surface area (Å²) in [7, 11) is 0. The zero-order valence-electron chi connectivity index (χ0n) is 16.1. The number of ether oxygens (including phenoxy) is 1. The van der Waals surface area contributed by atoms with Gasteiger partial charge < -0.3 is 19.9 Å². The molecule has 1 fully saturated rings. The second-order valence-electron chi connectivity index (χ2n) is 6.96. The van der Waals surface area contributed by atoms with Gasteiger partial charge in [-0.1, -0.05) is 17.8 Å². The average Bonchev–Trinajstić information content (AvgIpc) is 3.10. The standard InChI is InChI=1S/C21H24N4O2S/c1-14-3-8-18-19(13-14)24-21(23-18)28-15(2)20(26)22-16-4-6-17(7-5-16)25-9-11-27-12-10-25/h3-8,13,15H,9-12H2,1-2H3,(H,22,26)(H,23,24)/t15-/m1/s1. The number of thioether (sulfide) groups is 1. The minimum absolute atomic E-state index is 0.0410. The number of nitrogens with zero attached hydrogens (tertiary/aromatic N) is 2. The van der Waals surface area contributed by atoms with Crippen LogP contribution < -0.4 is 10.2 Å². The Morgan fingerprint density at radius 1 is 1.21 bits per heavy atom. The van der Waals surface area contributed by atoms with E-state index in [0.29, 0.717) is 0 Å². The van der Waals surface area contributed by atoms with E-state index >= 15 is 0 Å². The van der Waals surface area contributed by atoms with Gasteiger partial charge in [-0.3, -0.25) is 4.79 Å². The van der Waals surface area contributed by atoms with Crippen LogP contribution in [0.2, 0.25) is 0 Å². The molecule has 3 aromatic rings. The minimum atomic E-state index is -0.263. The second kappa shape index (κ2) is 8.24. The highest BCUT2D eigenvalue weighted by Gasteiger charge is 2.17. The molecule has 1 aliphatic heterocycles. The quantitative estimate of drug-likeness (QED) is 0.642. The number of aromatic nitrogens is 2. The van der Waals surface area contributed by atoms with Crippen LogP contribution >= 0.6 is 11.8 Å². The van der Waals surface area contributed by atoms with Crippen molar-refractivity contribution >= 4 is 40.1 Å². The summed E-state index contributed by atoms with van der Waals surface area (Å²) in [6.07, 6.45) is 0. The molecule has 2 N–H and O–H groups in total. The van der Waals surface area contributed by atoms with Crippen LogP contribution in [0.4, 0.5) is 11.4 Å². The van der Waals surface area contributed by atoms with Crippen molar-refractivity contribution in [2.24, 2.45) is 0 Å². The van der Waals surface area contributed by atoms with Crippen LogP contribution in [0.25, 0.3) is 11.0 Å². The van der Waals surface area contributed by atoms with Gasteiger partial charge in [0.1, 0.15) is 0 Å². The lowest BCUT2D eigenvalue weighted by molar-refractivity contribution is -0.115. The summed E-state index contributed by atoms with van der Waals surface area (Å²) < 4.78 is 5.39. The van der Waals surface area contributed by atoms with Gasteiger partial charge >= 0.3 is 0 Å². The van der Waals surface area contributed by atoms with Gasteiger partial charge in [0, 0.05) is 24.5 Å². The Morgan fingerprint density at radius 3 is 2.71 bits per heavy atom. The highest BCUT2D eigenvalue weighted by atomic mass is 32.2. The van der Waals surface area contributed by atoms with Gasteiger partial charge in [-0.2, -0.15) is 0 Å². The maximum absolute atomic E-state index is 12.6. The number of morpholine rings is 1. The van der Waals surface area contributed by atoms with Gasteiger partial charge in [0.2, 0.25) is 5.91 Å². The Bertz CT molecular complexity index is 964. The number of H-pyrrole nitrogens is 1. The third kappa shape index (κ3) is 4.31. The Balaban J connectivity index is 1.36. The van der Waals surface area contributed by atoms with E-state index in [2.05, 4.69) is 26.3 Å². The topological polar surface area (TPSA) is 70.2 Å². The van der Waals surface area contributed by atoms with E-state index in [1.54, 1.807) is 0 Å². The number of benzene rings is 2. The molecular formula is C21H24N4O2S. The van der Waals surface area contributed by atoms with E-state index in [1.807, 2.05) is 50.2 Å². The van der Waals surface area contributed by atoms with Crippen LogP contribution in [0.3, 0.4) is 0 Å². The van der Waals surface area contributed by atoms with Crippen molar-refractivity contribution in [2.45, 2.75) is 24.3 Å². The normalized spacial score (nSPS) is 15.6. The first-order valence-corrected chi connectivity index (χ1v) is 10.3. The lowest BCUT2D eigenvalue weighted by atomic mass is 10.2. The first kappa shape index (κ1) is 18.8. The molecule has 1 amide bonds. The summed E-state index contributed by atoms with van der Waals surface area (Å²) in [4.78, 5) is 22.7. The third-order valence-corrected chi connectivity index (χ3v) is 5.77. The molecule has 0 bridgehead atoms. The van der Waals surface area contributed by atoms with Gasteiger partial charge in [0.05, 0.1) is 29.5 Å². The van der Waals surface area contributed by atoms with E-state index in [4.69, 9.17) is 4.74 Å². The second-order valence-corrected chi connectivity index (χ2v) is 8.29. The summed E-state index contributed by atoms with van der Waals surface area (Å²) in [5.41, 5.74) is 5.04. The van der Waals surface area contributed by atoms with E-state index in [9.17, 15) is 4.79 Å². The molecule has 0 saturated carbocycles. The molecule has 1 aliphatic rings. The number of carbonyl (C=O) groups excluding carboxylic acids is 1. The number of hydrogen-bond acceptors (Lipinski definition) is 5. The van der Waals surface area contributed by atoms with Crippen molar-refractivity contribution in [1.29, 1.82) is 0 Å². The number of carbonyl (C=O) groups is 1. The molecule has 2 heterocycles. The van der Waals surface area contributed by atoms with Crippen LogP contribution in [-0.4, -0.2) is 47.4 Å². The van der Waals surface area contributed by atoms with Crippen molar-refractivity contribution < 1.29 is 9.53 Å². The number of hydrogen-bond donors (Lipinski definition) is 2. The lowest BCUT2D eigenvalue weighted by Gasteiger charge is -2.28. The summed E-state index contributed by atoms with van der Waals surface area (Å²) >= 11 is 1.43. The Labute approximate surface area is 168 Å². The van der Waals surface area contributed by atoms with Crippen molar-refractivity contribution in [3.05, 3.63) is 48.0 Å². The van der Waals surface area contributed by atoms with Gasteiger partial charge in [0.15, 0.2) is 5.16 Å². The summed E-state index contributed by atoms with van der Waals surface area (Å²) in [5.74, 6) is -0.0410. The summed E-state index contributed by atoms with van der Waals surface area (Å²) in [6.45, 7) is 7.25. The Morgan fingerprint density at radius 2 is 1.96 bits per heavy atom. The predicted molar refractivity (Wildman–Crippen MR) is 114 cm³/mol. The minimum Gasteiger partial charge on any atom is -0.378 e. The number of imidazole rings is 1. The van der Waals surface area contributed by atoms with Crippen molar-refractivity contribution in [1.82, 2.24) is 9.97 Å². The molecule has 0 spiro atoms. The van der Waals surface area contributed by atoms with E-state index in [-0.39, 0.29) is 11.2 Å². The lowest BCUT2D eigenvalue weighted by Crippen LogP contribution is -2.36. The van der Waals surface area contributed by atoms with Gasteiger partial charge in [0.25, 0.3) is 0 Å². The fourth-order valence-corrected chi connectivity index (χ4v) is 4.02. The van der Waals surface area contributed by atoms with Gasteiger partial charge in [-0.15, -0.1) is 0 Å². The zero-order chi connectivity index (χ0) is 19.5. The first-order valence-electron chi connectivity index (χ1n) is 9.45. The predicted octanol–water partition coefficient (Wildman–Crippen LogP) is 3.83. The van der Waals surface area contributed by atoms with Crippen LogP contribution in [0.5, 0.6) is 0 Å². The zero-order valence-corrected chi connectivity index (χ0v) is 16.9. The number of aromatic amines is 1. The van der Waals surface area contributed by atoms with Gasteiger partial charge in [-0.05, 0) is 55.8 Å². The number of anilines is 2. The number of amides is 1. The smallest absolute Gasteiger partial charge is 0.237 e. The molecule has 2 aromatic carbocycles. The van der Waals surface area contributed by atoms with Crippen molar-refractivity contribution in [2.75, 3.05) is 36.5 Å². The largest absolute Gasteiger partial charge is 0.378 e. The SMILES string of the molecule is Cc1ccc2nc(S[C@H](C)C(=O)Nc3ccc(N4CCOCC4)cc3)[nH]c2c1. The molecule has 4 rings (SSSR count). The maximum atomic E-state index is 12.6. The van der Waals surface area contributed by atoms with Gasteiger partial charge in [-0.25, -0.2) is 4.98 Å². The maximum Gasteiger partial charge on any atom is 0.237 e. The van der Waals surface area contributed by atoms with Crippen molar-refractivity contribution in [3.63, 3.8) is 0 Å². The highest BCUT2D eigenvalue weighted by molar-refractivity contribution is 8.00. The molecule has 6 nitrogen and oxygen atoms in total. The van der Waals surface area contributed by atoms with E-state index in [0.717, 1.165) is 53.9 Å². The first-order chi connectivity index (χ1) is 13.6. The average molecular weight is 397 g/mol. The molecular weight excluding hydrogens is 372 g/mol. The van der Waals surface area contributed by atoms with Crippen LogP contribution in [0.1, 0.15) is 12.5 Å². The summed E-state index contributed by atoms with van der Waals surface area (Å²) in [6, 6.07) is 14.1. The van der Waals surface area contributed by atoms with E-state index < -0.39 is 0 Å². The fourth-order valence-electron chi connectivity index (χ4n) is 3.20. The molecule has 28 heavy (non-hydrogen) atoms. The third-order valence-electron chi connectivity index (χ3n) is 4.78. The molecule has 1 aromatic heterocycles. The summed E-state index contributed by atoms with van der Waals surface area (Å²) in [5, 5.41) is 3.48. The molecule has 0 aliphatic carbocycles. The van der Waals surface area contributed by atoms with Crippen LogP contribution in [-0.2, 0) is 9.53 Å². The Kier molecular flexibility index (Phi) is 5.54. The number of fused-ring (bicyclic) bond motifs is 1. The highest BCUT2D eigenvalue weighted by Crippen LogP contribution is 2.25. The molecule has 7 heteroatoms. The molecule has 146 valence electrons. The number of nitrogens with one attached hydrogen (secondary N) is 2.